The van der Waals surface area contributed by atoms with E-state index in [-0.39, 0.29) is 0 Å². The summed E-state index contributed by atoms with van der Waals surface area (Å²) >= 11 is 0. The average Bonchev–Trinajstić information content (AvgIpc) is 2.17. The Morgan fingerprint density at radius 2 is 2.25 bits per heavy atom. The standard InChI is InChI=1S/C11H10O/c12-8-9-5-6-10-3-1-2-4-11(10)7-9/h1-6,8,11H,7H2. The SMILES string of the molecule is O=CC1=CC=C2C=CC=CC2C1. The van der Waals surface area contributed by atoms with Gasteiger partial charge >= 0.3 is 0 Å². The molecule has 0 radical (unpaired) electrons. The molecular weight excluding hydrogens is 148 g/mol. The van der Waals surface area contributed by atoms with Crippen molar-refractivity contribution in [1.82, 2.24) is 0 Å². The fourth-order valence-corrected chi connectivity index (χ4v) is 1.58. The summed E-state index contributed by atoms with van der Waals surface area (Å²) in [6, 6.07) is 0. The molecule has 0 fully saturated rings. The maximum absolute atomic E-state index is 10.5. The molecule has 0 amide bonds. The molecule has 1 atom stereocenters. The molecule has 0 aliphatic heterocycles. The summed E-state index contributed by atoms with van der Waals surface area (Å²) in [5.41, 5.74) is 2.20. The topological polar surface area (TPSA) is 17.1 Å². The Hall–Kier alpha value is -1.37. The summed E-state index contributed by atoms with van der Waals surface area (Å²) in [6.45, 7) is 0. The molecule has 0 bridgehead atoms. The van der Waals surface area contributed by atoms with Gasteiger partial charge in [-0.3, -0.25) is 4.79 Å². The van der Waals surface area contributed by atoms with Crippen molar-refractivity contribution >= 4 is 6.29 Å². The predicted octanol–water partition coefficient (Wildman–Crippen LogP) is 2.18. The van der Waals surface area contributed by atoms with Crippen LogP contribution in [0, 0.1) is 5.92 Å². The van der Waals surface area contributed by atoms with E-state index in [2.05, 4.69) is 12.2 Å². The van der Waals surface area contributed by atoms with Crippen LogP contribution in [0.5, 0.6) is 0 Å². The smallest absolute Gasteiger partial charge is 0.146 e. The Morgan fingerprint density at radius 3 is 3.08 bits per heavy atom. The monoisotopic (exact) mass is 158 g/mol. The third-order valence-electron chi connectivity index (χ3n) is 2.27. The van der Waals surface area contributed by atoms with E-state index in [0.29, 0.717) is 5.92 Å². The first kappa shape index (κ1) is 7.29. The highest BCUT2D eigenvalue weighted by molar-refractivity contribution is 5.75. The second kappa shape index (κ2) is 2.94. The number of rotatable bonds is 1. The number of carbonyl (C=O) groups excluding carboxylic acids is 1. The van der Waals surface area contributed by atoms with Crippen molar-refractivity contribution < 1.29 is 4.79 Å². The highest BCUT2D eigenvalue weighted by Gasteiger charge is 2.15. The molecular formula is C11H10O. The van der Waals surface area contributed by atoms with Crippen molar-refractivity contribution in [2.45, 2.75) is 6.42 Å². The van der Waals surface area contributed by atoms with Crippen molar-refractivity contribution in [3.05, 3.63) is 47.6 Å². The predicted molar refractivity (Wildman–Crippen MR) is 48.6 cm³/mol. The van der Waals surface area contributed by atoms with Crippen molar-refractivity contribution in [3.63, 3.8) is 0 Å². The van der Waals surface area contributed by atoms with Crippen LogP contribution in [-0.4, -0.2) is 6.29 Å². The van der Waals surface area contributed by atoms with E-state index in [9.17, 15) is 4.79 Å². The van der Waals surface area contributed by atoms with Crippen LogP contribution in [0.25, 0.3) is 0 Å². The largest absolute Gasteiger partial charge is 0.298 e. The van der Waals surface area contributed by atoms with E-state index in [0.717, 1.165) is 18.3 Å². The fourth-order valence-electron chi connectivity index (χ4n) is 1.58. The number of allylic oxidation sites excluding steroid dienone is 8. The van der Waals surface area contributed by atoms with Gasteiger partial charge in [0.15, 0.2) is 0 Å². The van der Waals surface area contributed by atoms with Crippen LogP contribution >= 0.6 is 0 Å². The van der Waals surface area contributed by atoms with Gasteiger partial charge in [-0.1, -0.05) is 36.5 Å². The summed E-state index contributed by atoms with van der Waals surface area (Å²) in [6.07, 6.45) is 14.0. The first-order valence-electron chi connectivity index (χ1n) is 4.11. The first-order valence-corrected chi connectivity index (χ1v) is 4.11. The maximum atomic E-state index is 10.5. The van der Waals surface area contributed by atoms with Crippen LogP contribution in [0.1, 0.15) is 6.42 Å². The van der Waals surface area contributed by atoms with E-state index < -0.39 is 0 Å². The molecule has 1 heteroatoms. The summed E-state index contributed by atoms with van der Waals surface area (Å²) in [5, 5.41) is 0. The molecule has 0 aromatic rings. The van der Waals surface area contributed by atoms with Gasteiger partial charge in [0.05, 0.1) is 0 Å². The second-order valence-corrected chi connectivity index (χ2v) is 3.08. The maximum Gasteiger partial charge on any atom is 0.146 e. The minimum Gasteiger partial charge on any atom is -0.298 e. The van der Waals surface area contributed by atoms with Gasteiger partial charge < -0.3 is 0 Å². The molecule has 2 rings (SSSR count). The van der Waals surface area contributed by atoms with Crippen molar-refractivity contribution in [1.29, 1.82) is 0 Å². The van der Waals surface area contributed by atoms with Crippen LogP contribution in [-0.2, 0) is 4.79 Å². The number of hydrogen-bond acceptors (Lipinski definition) is 1. The van der Waals surface area contributed by atoms with Crippen LogP contribution in [0.15, 0.2) is 47.6 Å². The molecule has 60 valence electrons. The Labute approximate surface area is 71.8 Å². The summed E-state index contributed by atoms with van der Waals surface area (Å²) in [4.78, 5) is 10.5. The number of hydrogen-bond donors (Lipinski definition) is 0. The summed E-state index contributed by atoms with van der Waals surface area (Å²) in [7, 11) is 0. The van der Waals surface area contributed by atoms with Crippen LogP contribution in [0.2, 0.25) is 0 Å². The van der Waals surface area contributed by atoms with E-state index in [1.165, 1.54) is 5.57 Å². The number of aldehydes is 1. The van der Waals surface area contributed by atoms with Crippen LogP contribution < -0.4 is 0 Å². The number of carbonyl (C=O) groups is 1. The Bertz CT molecular complexity index is 316. The molecule has 2 aliphatic carbocycles. The second-order valence-electron chi connectivity index (χ2n) is 3.08. The normalized spacial score (nSPS) is 25.8. The zero-order valence-corrected chi connectivity index (χ0v) is 6.73. The van der Waals surface area contributed by atoms with Gasteiger partial charge in [0.1, 0.15) is 6.29 Å². The van der Waals surface area contributed by atoms with Crippen molar-refractivity contribution in [2.24, 2.45) is 5.92 Å². The van der Waals surface area contributed by atoms with Gasteiger partial charge in [-0.2, -0.15) is 0 Å². The Morgan fingerprint density at radius 1 is 1.33 bits per heavy atom. The number of fused-ring (bicyclic) bond motifs is 1. The third-order valence-corrected chi connectivity index (χ3v) is 2.27. The lowest BCUT2D eigenvalue weighted by Crippen LogP contribution is -2.07. The first-order chi connectivity index (χ1) is 5.90. The molecule has 2 aliphatic rings. The molecule has 0 aromatic carbocycles. The highest BCUT2D eigenvalue weighted by Crippen LogP contribution is 2.28. The lowest BCUT2D eigenvalue weighted by atomic mass is 9.85. The lowest BCUT2D eigenvalue weighted by molar-refractivity contribution is -0.105. The average molecular weight is 158 g/mol. The van der Waals surface area contributed by atoms with E-state index in [1.54, 1.807) is 0 Å². The molecule has 0 saturated carbocycles. The molecule has 12 heavy (non-hydrogen) atoms. The van der Waals surface area contributed by atoms with Gasteiger partial charge in [-0.05, 0) is 17.6 Å². The Kier molecular flexibility index (Phi) is 1.78. The summed E-state index contributed by atoms with van der Waals surface area (Å²) < 4.78 is 0. The quantitative estimate of drug-likeness (QED) is 0.534. The zero-order chi connectivity index (χ0) is 8.39. The lowest BCUT2D eigenvalue weighted by Gasteiger charge is -2.19. The van der Waals surface area contributed by atoms with Gasteiger partial charge in [0, 0.05) is 5.92 Å². The van der Waals surface area contributed by atoms with Crippen LogP contribution in [0.4, 0.5) is 0 Å². The van der Waals surface area contributed by atoms with E-state index in [4.69, 9.17) is 0 Å². The molecule has 0 heterocycles. The molecule has 0 N–H and O–H groups in total. The van der Waals surface area contributed by atoms with E-state index in [1.807, 2.05) is 24.3 Å². The molecule has 0 spiro atoms. The molecule has 0 aromatic heterocycles. The van der Waals surface area contributed by atoms with Gasteiger partial charge in [-0.15, -0.1) is 0 Å². The third kappa shape index (κ3) is 1.18. The fraction of sp³-hybridized carbons (Fsp3) is 0.182. The van der Waals surface area contributed by atoms with Crippen molar-refractivity contribution in [3.8, 4) is 0 Å². The van der Waals surface area contributed by atoms with Gasteiger partial charge in [-0.25, -0.2) is 0 Å². The zero-order valence-electron chi connectivity index (χ0n) is 6.73. The minimum absolute atomic E-state index is 0.431. The highest BCUT2D eigenvalue weighted by atomic mass is 16.1. The Balaban J connectivity index is 2.31. The molecule has 1 nitrogen and oxygen atoms in total. The van der Waals surface area contributed by atoms with Crippen molar-refractivity contribution in [2.75, 3.05) is 0 Å². The molecule has 1 unspecified atom stereocenters. The van der Waals surface area contributed by atoms with Gasteiger partial charge in [0.2, 0.25) is 0 Å². The van der Waals surface area contributed by atoms with Gasteiger partial charge in [0.25, 0.3) is 0 Å². The molecule has 0 saturated heterocycles. The van der Waals surface area contributed by atoms with E-state index >= 15 is 0 Å². The minimum atomic E-state index is 0.431. The van der Waals surface area contributed by atoms with Crippen LogP contribution in [0.3, 0.4) is 0 Å². The summed E-state index contributed by atoms with van der Waals surface area (Å²) in [5.74, 6) is 0.431.